The molecule has 44 heavy (non-hydrogen) atoms. The summed E-state index contributed by atoms with van der Waals surface area (Å²) in [6, 6.07) is 43.5. The van der Waals surface area contributed by atoms with E-state index in [2.05, 4.69) is 95.7 Å². The summed E-state index contributed by atoms with van der Waals surface area (Å²) >= 11 is 0. The summed E-state index contributed by atoms with van der Waals surface area (Å²) in [6.07, 6.45) is 4.01. The smallest absolute Gasteiger partial charge is 0.253 e. The highest BCUT2D eigenvalue weighted by Crippen LogP contribution is 2.43. The SMILES string of the molecule is CC(CO)C(c1cn(C(c2ccccc2)(c2ccccc2)c2ccccc2)cn1)c1c(C(=O)N(C)C)ccc2ccccc12. The third-order valence-electron chi connectivity index (χ3n) is 8.66. The molecule has 1 N–H and O–H groups in total. The summed E-state index contributed by atoms with van der Waals surface area (Å²) in [5, 5.41) is 12.6. The molecule has 2 unspecified atom stereocenters. The summed E-state index contributed by atoms with van der Waals surface area (Å²) in [4.78, 5) is 20.3. The van der Waals surface area contributed by atoms with Crippen molar-refractivity contribution in [3.05, 3.63) is 173 Å². The molecule has 6 aromatic rings. The van der Waals surface area contributed by atoms with Crippen molar-refractivity contribution < 1.29 is 9.90 Å². The second-order valence-corrected chi connectivity index (χ2v) is 11.6. The molecule has 5 aromatic carbocycles. The average Bonchev–Trinajstić information content (AvgIpc) is 3.56. The van der Waals surface area contributed by atoms with Gasteiger partial charge in [-0.15, -0.1) is 0 Å². The fourth-order valence-corrected chi connectivity index (χ4v) is 6.55. The van der Waals surface area contributed by atoms with E-state index in [1.165, 1.54) is 0 Å². The van der Waals surface area contributed by atoms with Crippen molar-refractivity contribution in [1.29, 1.82) is 0 Å². The number of aliphatic hydroxyl groups excluding tert-OH is 1. The van der Waals surface area contributed by atoms with E-state index in [0.717, 1.165) is 38.7 Å². The van der Waals surface area contributed by atoms with Gasteiger partial charge in [0.25, 0.3) is 5.91 Å². The van der Waals surface area contributed by atoms with Crippen LogP contribution in [0.25, 0.3) is 10.8 Å². The van der Waals surface area contributed by atoms with Crippen LogP contribution < -0.4 is 0 Å². The minimum Gasteiger partial charge on any atom is -0.396 e. The molecule has 0 spiro atoms. The average molecular weight is 580 g/mol. The van der Waals surface area contributed by atoms with Crippen LogP contribution in [0.15, 0.2) is 140 Å². The van der Waals surface area contributed by atoms with E-state index in [4.69, 9.17) is 4.98 Å². The number of imidazole rings is 1. The summed E-state index contributed by atoms with van der Waals surface area (Å²) in [5.74, 6) is -0.628. The van der Waals surface area contributed by atoms with Crippen LogP contribution in [0.1, 0.15) is 51.1 Å². The summed E-state index contributed by atoms with van der Waals surface area (Å²) in [6.45, 7) is 1.96. The number of hydrogen-bond donors (Lipinski definition) is 1. The number of aromatic nitrogens is 2. The Morgan fingerprint density at radius 3 is 1.82 bits per heavy atom. The van der Waals surface area contributed by atoms with Gasteiger partial charge in [0, 0.05) is 38.4 Å². The second-order valence-electron chi connectivity index (χ2n) is 11.6. The number of carbonyl (C=O) groups is 1. The van der Waals surface area contributed by atoms with Crippen LogP contribution in [0, 0.1) is 5.92 Å². The maximum atomic E-state index is 13.6. The standard InChI is InChI=1S/C39H37N3O2/c1-28(26-43)36(37-33-22-14-13-15-29(33)23-24-34(37)38(44)41(2)3)35-25-42(27-40-35)39(30-16-7-4-8-17-30,31-18-9-5-10-19-31)32-20-11-6-12-21-32/h4-25,27-28,36,43H,26H2,1-3H3. The van der Waals surface area contributed by atoms with Crippen LogP contribution in [0.5, 0.6) is 0 Å². The molecule has 5 nitrogen and oxygen atoms in total. The first-order valence-electron chi connectivity index (χ1n) is 15.0. The molecule has 1 aromatic heterocycles. The Balaban J connectivity index is 1.64. The number of hydrogen-bond acceptors (Lipinski definition) is 3. The van der Waals surface area contributed by atoms with E-state index in [9.17, 15) is 9.90 Å². The van der Waals surface area contributed by atoms with Crippen LogP contribution in [0.3, 0.4) is 0 Å². The van der Waals surface area contributed by atoms with Crippen molar-refractivity contribution in [3.8, 4) is 0 Å². The van der Waals surface area contributed by atoms with Crippen LogP contribution in [-0.2, 0) is 5.54 Å². The van der Waals surface area contributed by atoms with Gasteiger partial charge in [0.1, 0.15) is 5.54 Å². The van der Waals surface area contributed by atoms with Crippen molar-refractivity contribution in [1.82, 2.24) is 14.5 Å². The fraction of sp³-hybridized carbons (Fsp3) is 0.179. The highest BCUT2D eigenvalue weighted by atomic mass is 16.3. The Morgan fingerprint density at radius 1 is 0.773 bits per heavy atom. The minimum absolute atomic E-state index is 0.0580. The van der Waals surface area contributed by atoms with Gasteiger partial charge in [-0.1, -0.05) is 128 Å². The zero-order valence-corrected chi connectivity index (χ0v) is 25.3. The van der Waals surface area contributed by atoms with E-state index < -0.39 is 5.54 Å². The van der Waals surface area contributed by atoms with Crippen LogP contribution in [0.4, 0.5) is 0 Å². The quantitative estimate of drug-likeness (QED) is 0.182. The predicted octanol–water partition coefficient (Wildman–Crippen LogP) is 7.34. The van der Waals surface area contributed by atoms with E-state index in [0.29, 0.717) is 5.56 Å². The van der Waals surface area contributed by atoms with E-state index in [-0.39, 0.29) is 24.3 Å². The molecule has 0 aliphatic carbocycles. The maximum absolute atomic E-state index is 13.6. The summed E-state index contributed by atoms with van der Waals surface area (Å²) < 4.78 is 2.19. The Kier molecular flexibility index (Phi) is 8.14. The second kappa shape index (κ2) is 12.3. The molecular weight excluding hydrogens is 542 g/mol. The lowest BCUT2D eigenvalue weighted by Crippen LogP contribution is -2.37. The van der Waals surface area contributed by atoms with E-state index >= 15 is 0 Å². The third-order valence-corrected chi connectivity index (χ3v) is 8.66. The highest BCUT2D eigenvalue weighted by molar-refractivity contribution is 6.02. The lowest BCUT2D eigenvalue weighted by molar-refractivity contribution is 0.0825. The maximum Gasteiger partial charge on any atom is 0.253 e. The van der Waals surface area contributed by atoms with Crippen molar-refractivity contribution in [2.24, 2.45) is 5.92 Å². The molecule has 0 aliphatic rings. The van der Waals surface area contributed by atoms with Crippen LogP contribution in [-0.4, -0.2) is 46.2 Å². The first kappa shape index (κ1) is 29.1. The molecule has 0 saturated heterocycles. The Morgan fingerprint density at radius 2 is 1.30 bits per heavy atom. The van der Waals surface area contributed by atoms with Gasteiger partial charge >= 0.3 is 0 Å². The molecule has 220 valence electrons. The van der Waals surface area contributed by atoms with Gasteiger partial charge in [-0.3, -0.25) is 4.79 Å². The molecule has 5 heteroatoms. The number of rotatable bonds is 9. The Bertz CT molecular complexity index is 1770. The molecule has 0 fully saturated rings. The number of carbonyl (C=O) groups excluding carboxylic acids is 1. The van der Waals surface area contributed by atoms with Gasteiger partial charge < -0.3 is 14.6 Å². The van der Waals surface area contributed by atoms with Crippen LogP contribution in [0.2, 0.25) is 0 Å². The first-order valence-corrected chi connectivity index (χ1v) is 15.0. The number of nitrogens with zero attached hydrogens (tertiary/aromatic N) is 3. The van der Waals surface area contributed by atoms with E-state index in [1.807, 2.05) is 55.7 Å². The molecule has 0 radical (unpaired) electrons. The topological polar surface area (TPSA) is 58.4 Å². The van der Waals surface area contributed by atoms with Gasteiger partial charge in [-0.25, -0.2) is 4.98 Å². The van der Waals surface area contributed by atoms with Gasteiger partial charge in [0.2, 0.25) is 0 Å². The molecule has 1 amide bonds. The number of fused-ring (bicyclic) bond motifs is 1. The Labute approximate surface area is 259 Å². The lowest BCUT2D eigenvalue weighted by atomic mass is 9.76. The zero-order chi connectivity index (χ0) is 30.7. The van der Waals surface area contributed by atoms with Gasteiger partial charge in [0.15, 0.2) is 0 Å². The third kappa shape index (κ3) is 4.99. The molecular formula is C39H37N3O2. The Hall–Kier alpha value is -5.00. The van der Waals surface area contributed by atoms with Crippen LogP contribution >= 0.6 is 0 Å². The number of amides is 1. The minimum atomic E-state index is -0.719. The van der Waals surface area contributed by atoms with Crippen molar-refractivity contribution in [3.63, 3.8) is 0 Å². The summed E-state index contributed by atoms with van der Waals surface area (Å²) in [7, 11) is 3.54. The van der Waals surface area contributed by atoms with E-state index in [1.54, 1.807) is 19.0 Å². The highest BCUT2D eigenvalue weighted by Gasteiger charge is 2.39. The monoisotopic (exact) mass is 579 g/mol. The summed E-state index contributed by atoms with van der Waals surface area (Å²) in [5.41, 5.74) is 4.88. The lowest BCUT2D eigenvalue weighted by Gasteiger charge is -2.37. The molecule has 6 rings (SSSR count). The van der Waals surface area contributed by atoms with Gasteiger partial charge in [-0.2, -0.15) is 0 Å². The number of benzene rings is 5. The molecule has 0 aliphatic heterocycles. The van der Waals surface area contributed by atoms with Crippen molar-refractivity contribution in [2.45, 2.75) is 18.4 Å². The first-order chi connectivity index (χ1) is 21.5. The predicted molar refractivity (Wildman–Crippen MR) is 177 cm³/mol. The van der Waals surface area contributed by atoms with Crippen molar-refractivity contribution in [2.75, 3.05) is 20.7 Å². The van der Waals surface area contributed by atoms with Gasteiger partial charge in [0.05, 0.1) is 12.0 Å². The molecule has 0 saturated carbocycles. The molecule has 0 bridgehead atoms. The van der Waals surface area contributed by atoms with Gasteiger partial charge in [-0.05, 0) is 45.0 Å². The molecule has 2 atom stereocenters. The normalized spacial score (nSPS) is 13.0. The fourth-order valence-electron chi connectivity index (χ4n) is 6.55. The zero-order valence-electron chi connectivity index (χ0n) is 25.3. The molecule has 1 heterocycles. The largest absolute Gasteiger partial charge is 0.396 e. The van der Waals surface area contributed by atoms with Crippen molar-refractivity contribution >= 4 is 16.7 Å². The number of aliphatic hydroxyl groups is 1.